The predicted molar refractivity (Wildman–Crippen MR) is 123 cm³/mol. The maximum Gasteiger partial charge on any atom is 0.267 e. The van der Waals surface area contributed by atoms with Crippen LogP contribution in [0.2, 0.25) is 0 Å². The molecular formula is C24H27N5O2. The van der Waals surface area contributed by atoms with Crippen LogP contribution in [-0.2, 0) is 18.3 Å². The summed E-state index contributed by atoms with van der Waals surface area (Å²) in [6, 6.07) is 14.2. The molecule has 0 saturated carbocycles. The molecule has 0 atom stereocenters. The van der Waals surface area contributed by atoms with E-state index in [1.165, 1.54) is 5.56 Å². The van der Waals surface area contributed by atoms with Gasteiger partial charge in [-0.05, 0) is 42.3 Å². The number of rotatable bonds is 6. The van der Waals surface area contributed by atoms with Crippen LogP contribution in [0.15, 0.2) is 66.1 Å². The largest absolute Gasteiger partial charge is 0.457 e. The Hall–Kier alpha value is -3.74. The Morgan fingerprint density at radius 2 is 1.94 bits per heavy atom. The third kappa shape index (κ3) is 4.26. The fraction of sp³-hybridized carbons (Fsp3) is 0.250. The van der Waals surface area contributed by atoms with Gasteiger partial charge in [-0.1, -0.05) is 19.1 Å². The van der Waals surface area contributed by atoms with E-state index >= 15 is 0 Å². The van der Waals surface area contributed by atoms with Gasteiger partial charge in [0.2, 0.25) is 5.95 Å². The summed E-state index contributed by atoms with van der Waals surface area (Å²) < 4.78 is 8.06. The number of allylic oxidation sites excluding steroid dienone is 1. The second kappa shape index (κ2) is 8.55. The number of fused-ring (bicyclic) bond motifs is 1. The number of aryl methyl sites for hydroxylation is 2. The van der Waals surface area contributed by atoms with E-state index in [1.807, 2.05) is 47.8 Å². The average Bonchev–Trinajstić information content (AvgIpc) is 3.09. The van der Waals surface area contributed by atoms with Crippen LogP contribution < -0.4 is 15.4 Å². The van der Waals surface area contributed by atoms with Crippen molar-refractivity contribution >= 4 is 28.6 Å². The molecule has 0 aliphatic carbocycles. The Bertz CT molecular complexity index is 1170. The highest BCUT2D eigenvalue weighted by Gasteiger charge is 2.18. The van der Waals surface area contributed by atoms with Gasteiger partial charge in [-0.15, -0.1) is 0 Å². The van der Waals surface area contributed by atoms with Gasteiger partial charge in [0.1, 0.15) is 17.2 Å². The van der Waals surface area contributed by atoms with Gasteiger partial charge in [0.25, 0.3) is 5.91 Å². The van der Waals surface area contributed by atoms with Gasteiger partial charge in [0, 0.05) is 45.5 Å². The minimum Gasteiger partial charge on any atom is -0.457 e. The highest BCUT2D eigenvalue weighted by Crippen LogP contribution is 2.27. The SMILES string of the molecule is CCc1ccc(Nc2nc3cc(OC4=CCN(C)C(C(=O)NC)=C4)ccc3n2C)cc1. The highest BCUT2D eigenvalue weighted by molar-refractivity contribution is 5.93. The molecule has 0 unspecified atom stereocenters. The number of anilines is 2. The lowest BCUT2D eigenvalue weighted by Crippen LogP contribution is -2.33. The number of carbonyl (C=O) groups excluding carboxylic acids is 1. The van der Waals surface area contributed by atoms with E-state index in [0.29, 0.717) is 23.8 Å². The monoisotopic (exact) mass is 417 g/mol. The number of aromatic nitrogens is 2. The predicted octanol–water partition coefficient (Wildman–Crippen LogP) is 3.72. The third-order valence-electron chi connectivity index (χ3n) is 5.42. The van der Waals surface area contributed by atoms with Crippen molar-refractivity contribution in [1.29, 1.82) is 0 Å². The van der Waals surface area contributed by atoms with Crippen molar-refractivity contribution in [3.63, 3.8) is 0 Å². The number of benzene rings is 2. The zero-order chi connectivity index (χ0) is 22.0. The average molecular weight is 418 g/mol. The summed E-state index contributed by atoms with van der Waals surface area (Å²) in [6.07, 6.45) is 4.71. The quantitative estimate of drug-likeness (QED) is 0.640. The molecule has 4 rings (SSSR count). The van der Waals surface area contributed by atoms with E-state index in [9.17, 15) is 4.79 Å². The van der Waals surface area contributed by atoms with Gasteiger partial charge in [-0.25, -0.2) is 4.98 Å². The second-order valence-electron chi connectivity index (χ2n) is 7.52. The first-order valence-electron chi connectivity index (χ1n) is 10.3. The van der Waals surface area contributed by atoms with Crippen molar-refractivity contribution in [2.45, 2.75) is 13.3 Å². The summed E-state index contributed by atoms with van der Waals surface area (Å²) in [5.74, 6) is 1.94. The number of amides is 1. The first kappa shape index (κ1) is 20.5. The summed E-state index contributed by atoms with van der Waals surface area (Å²) in [7, 11) is 5.48. The summed E-state index contributed by atoms with van der Waals surface area (Å²) in [6.45, 7) is 2.75. The van der Waals surface area contributed by atoms with Crippen molar-refractivity contribution in [3.8, 4) is 5.75 Å². The number of carbonyl (C=O) groups is 1. The molecule has 2 N–H and O–H groups in total. The maximum atomic E-state index is 12.1. The molecule has 1 amide bonds. The van der Waals surface area contributed by atoms with Crippen LogP contribution in [0, 0.1) is 0 Å². The second-order valence-corrected chi connectivity index (χ2v) is 7.52. The van der Waals surface area contributed by atoms with Crippen LogP contribution in [0.4, 0.5) is 11.6 Å². The van der Waals surface area contributed by atoms with Crippen LogP contribution in [0.1, 0.15) is 12.5 Å². The molecule has 160 valence electrons. The van der Waals surface area contributed by atoms with E-state index in [2.05, 4.69) is 41.8 Å². The molecule has 7 nitrogen and oxygen atoms in total. The number of hydrogen-bond donors (Lipinski definition) is 2. The Kier molecular flexibility index (Phi) is 5.66. The lowest BCUT2D eigenvalue weighted by Gasteiger charge is -2.24. The molecule has 7 heteroatoms. The molecule has 2 aromatic carbocycles. The number of imidazole rings is 1. The van der Waals surface area contributed by atoms with E-state index in [1.54, 1.807) is 13.1 Å². The van der Waals surface area contributed by atoms with Gasteiger partial charge < -0.3 is 24.8 Å². The molecule has 0 fully saturated rings. The minimum atomic E-state index is -0.139. The van der Waals surface area contributed by atoms with Crippen LogP contribution >= 0.6 is 0 Å². The third-order valence-corrected chi connectivity index (χ3v) is 5.42. The number of nitrogens with zero attached hydrogens (tertiary/aromatic N) is 3. The van der Waals surface area contributed by atoms with E-state index in [4.69, 9.17) is 9.72 Å². The summed E-state index contributed by atoms with van der Waals surface area (Å²) in [5.41, 5.74) is 4.69. The van der Waals surface area contributed by atoms with Crippen molar-refractivity contribution < 1.29 is 9.53 Å². The maximum absolute atomic E-state index is 12.1. The normalized spacial score (nSPS) is 13.6. The van der Waals surface area contributed by atoms with E-state index < -0.39 is 0 Å². The van der Waals surface area contributed by atoms with Crippen molar-refractivity contribution in [1.82, 2.24) is 19.8 Å². The molecule has 1 aliphatic heterocycles. The highest BCUT2D eigenvalue weighted by atomic mass is 16.5. The van der Waals surface area contributed by atoms with Crippen LogP contribution in [0.3, 0.4) is 0 Å². The van der Waals surface area contributed by atoms with Crippen LogP contribution in [0.5, 0.6) is 5.75 Å². The number of likely N-dealkylation sites (N-methyl/N-ethyl adjacent to an activating group) is 2. The lowest BCUT2D eigenvalue weighted by molar-refractivity contribution is -0.118. The molecular weight excluding hydrogens is 390 g/mol. The summed E-state index contributed by atoms with van der Waals surface area (Å²) in [4.78, 5) is 18.7. The smallest absolute Gasteiger partial charge is 0.267 e. The van der Waals surface area contributed by atoms with Crippen molar-refractivity contribution in [3.05, 3.63) is 71.6 Å². The zero-order valence-electron chi connectivity index (χ0n) is 18.3. The lowest BCUT2D eigenvalue weighted by atomic mass is 10.1. The van der Waals surface area contributed by atoms with Crippen molar-refractivity contribution in [2.75, 3.05) is 26.0 Å². The van der Waals surface area contributed by atoms with Gasteiger partial charge in [-0.2, -0.15) is 0 Å². The molecule has 0 spiro atoms. The van der Waals surface area contributed by atoms with Gasteiger partial charge in [0.05, 0.1) is 11.0 Å². The van der Waals surface area contributed by atoms with Gasteiger partial charge in [-0.3, -0.25) is 4.79 Å². The van der Waals surface area contributed by atoms with Gasteiger partial charge >= 0.3 is 0 Å². The Morgan fingerprint density at radius 1 is 1.16 bits per heavy atom. The van der Waals surface area contributed by atoms with E-state index in [0.717, 1.165) is 29.1 Å². The van der Waals surface area contributed by atoms with E-state index in [-0.39, 0.29) is 5.91 Å². The first-order chi connectivity index (χ1) is 15.0. The van der Waals surface area contributed by atoms with Crippen LogP contribution in [-0.4, -0.2) is 41.0 Å². The molecule has 2 heterocycles. The molecule has 3 aromatic rings. The number of ether oxygens (including phenoxy) is 1. The fourth-order valence-corrected chi connectivity index (χ4v) is 3.51. The molecule has 0 bridgehead atoms. The Labute approximate surface area is 182 Å². The number of nitrogens with one attached hydrogen (secondary N) is 2. The standard InChI is InChI=1S/C24H27N5O2/c1-5-16-6-8-17(9-7-16)26-24-27-20-14-18(10-11-21(20)29(24)4)31-19-12-13-28(3)22(15-19)23(30)25-2/h6-12,14-15H,5,13H2,1-4H3,(H,25,30)(H,26,27). The molecule has 0 saturated heterocycles. The molecule has 1 aliphatic rings. The number of hydrogen-bond acceptors (Lipinski definition) is 5. The molecule has 31 heavy (non-hydrogen) atoms. The summed E-state index contributed by atoms with van der Waals surface area (Å²) >= 11 is 0. The Balaban J connectivity index is 1.56. The van der Waals surface area contributed by atoms with Gasteiger partial charge in [0.15, 0.2) is 0 Å². The molecule has 0 radical (unpaired) electrons. The topological polar surface area (TPSA) is 71.4 Å². The first-order valence-corrected chi connectivity index (χ1v) is 10.3. The molecule has 1 aromatic heterocycles. The van der Waals surface area contributed by atoms with Crippen molar-refractivity contribution in [2.24, 2.45) is 7.05 Å². The zero-order valence-corrected chi connectivity index (χ0v) is 18.3. The van der Waals surface area contributed by atoms with Crippen LogP contribution in [0.25, 0.3) is 11.0 Å². The summed E-state index contributed by atoms with van der Waals surface area (Å²) in [5, 5.41) is 6.04. The Morgan fingerprint density at radius 3 is 2.65 bits per heavy atom. The minimum absolute atomic E-state index is 0.139. The fourth-order valence-electron chi connectivity index (χ4n) is 3.51.